The molecule has 0 amide bonds. The summed E-state index contributed by atoms with van der Waals surface area (Å²) in [5.41, 5.74) is 0.260. The third-order valence-corrected chi connectivity index (χ3v) is 4.98. The standard InChI is InChI=1S/C10H14N2O6S/c1-6-9(7(2)18-11-6)19(15,16)12-3-4-17-8(5-12)10(13)14/h8H,3-5H2,1-2H3,(H,13,14). The highest BCUT2D eigenvalue weighted by Crippen LogP contribution is 2.24. The number of aromatic nitrogens is 1. The summed E-state index contributed by atoms with van der Waals surface area (Å²) in [6.07, 6.45) is -1.15. The highest BCUT2D eigenvalue weighted by Gasteiger charge is 2.36. The lowest BCUT2D eigenvalue weighted by atomic mass is 10.3. The molecule has 8 nitrogen and oxygen atoms in total. The Bertz CT molecular complexity index is 574. The number of hydrogen-bond donors (Lipinski definition) is 1. The van der Waals surface area contributed by atoms with Gasteiger partial charge in [0.05, 0.1) is 13.2 Å². The topological polar surface area (TPSA) is 110 Å². The maximum atomic E-state index is 12.4. The maximum absolute atomic E-state index is 12.4. The average molecular weight is 290 g/mol. The number of ether oxygens (including phenoxy) is 1. The first kappa shape index (κ1) is 14.0. The Hall–Kier alpha value is -1.45. The number of hydrogen-bond acceptors (Lipinski definition) is 6. The van der Waals surface area contributed by atoms with Crippen molar-refractivity contribution < 1.29 is 27.6 Å². The van der Waals surface area contributed by atoms with Crippen LogP contribution in [0.1, 0.15) is 11.5 Å². The van der Waals surface area contributed by atoms with E-state index < -0.39 is 22.1 Å². The number of carbonyl (C=O) groups is 1. The molecule has 0 radical (unpaired) electrons. The van der Waals surface area contributed by atoms with Crippen LogP contribution >= 0.6 is 0 Å². The minimum Gasteiger partial charge on any atom is -0.479 e. The molecule has 0 saturated carbocycles. The molecule has 0 aromatic carbocycles. The van der Waals surface area contributed by atoms with E-state index in [1.165, 1.54) is 13.8 Å². The van der Waals surface area contributed by atoms with E-state index in [4.69, 9.17) is 14.4 Å². The van der Waals surface area contributed by atoms with Crippen molar-refractivity contribution in [3.05, 3.63) is 11.5 Å². The zero-order valence-corrected chi connectivity index (χ0v) is 11.3. The quantitative estimate of drug-likeness (QED) is 0.818. The van der Waals surface area contributed by atoms with Crippen molar-refractivity contribution in [2.24, 2.45) is 0 Å². The van der Waals surface area contributed by atoms with Gasteiger partial charge in [-0.05, 0) is 13.8 Å². The van der Waals surface area contributed by atoms with Crippen LogP contribution in [0.15, 0.2) is 9.42 Å². The van der Waals surface area contributed by atoms with Gasteiger partial charge in [-0.3, -0.25) is 0 Å². The molecule has 1 aromatic heterocycles. The molecule has 2 heterocycles. The lowest BCUT2D eigenvalue weighted by Gasteiger charge is -2.29. The smallest absolute Gasteiger partial charge is 0.334 e. The van der Waals surface area contributed by atoms with Crippen LogP contribution in [0.2, 0.25) is 0 Å². The van der Waals surface area contributed by atoms with Crippen LogP contribution in [-0.4, -0.2) is 54.8 Å². The maximum Gasteiger partial charge on any atom is 0.334 e. The van der Waals surface area contributed by atoms with Gasteiger partial charge in [-0.1, -0.05) is 5.16 Å². The van der Waals surface area contributed by atoms with Gasteiger partial charge >= 0.3 is 5.97 Å². The molecule has 1 aliphatic rings. The second kappa shape index (κ2) is 4.91. The SMILES string of the molecule is Cc1noc(C)c1S(=O)(=O)N1CCOC(C(=O)O)C1. The summed E-state index contributed by atoms with van der Waals surface area (Å²) in [4.78, 5) is 10.9. The van der Waals surface area contributed by atoms with Crippen molar-refractivity contribution in [1.29, 1.82) is 0 Å². The molecule has 0 spiro atoms. The van der Waals surface area contributed by atoms with E-state index in [-0.39, 0.29) is 36.0 Å². The molecular formula is C10H14N2O6S. The molecule has 1 fully saturated rings. The molecule has 1 aromatic rings. The Morgan fingerprint density at radius 2 is 2.16 bits per heavy atom. The zero-order chi connectivity index (χ0) is 14.2. The number of carboxylic acids is 1. The number of morpholine rings is 1. The number of rotatable bonds is 3. The van der Waals surface area contributed by atoms with E-state index in [9.17, 15) is 13.2 Å². The van der Waals surface area contributed by atoms with Gasteiger partial charge in [-0.25, -0.2) is 13.2 Å². The van der Waals surface area contributed by atoms with Gasteiger partial charge in [0.2, 0.25) is 10.0 Å². The van der Waals surface area contributed by atoms with E-state index in [0.717, 1.165) is 4.31 Å². The average Bonchev–Trinajstić information content (AvgIpc) is 2.69. The Morgan fingerprint density at radius 1 is 1.47 bits per heavy atom. The fourth-order valence-corrected chi connectivity index (χ4v) is 3.68. The molecule has 1 saturated heterocycles. The van der Waals surface area contributed by atoms with Crippen molar-refractivity contribution in [3.8, 4) is 0 Å². The predicted octanol–water partition coefficient (Wildman–Crippen LogP) is -0.234. The Kier molecular flexibility index (Phi) is 3.61. The van der Waals surface area contributed by atoms with E-state index >= 15 is 0 Å². The third kappa shape index (κ3) is 2.48. The molecule has 19 heavy (non-hydrogen) atoms. The van der Waals surface area contributed by atoms with Crippen molar-refractivity contribution in [2.75, 3.05) is 19.7 Å². The molecular weight excluding hydrogens is 276 g/mol. The van der Waals surface area contributed by atoms with Crippen LogP contribution in [0.25, 0.3) is 0 Å². The van der Waals surface area contributed by atoms with Crippen LogP contribution in [0.5, 0.6) is 0 Å². The number of aryl methyl sites for hydroxylation is 2. The number of sulfonamides is 1. The highest BCUT2D eigenvalue weighted by molar-refractivity contribution is 7.89. The number of aliphatic carboxylic acids is 1. The monoisotopic (exact) mass is 290 g/mol. The normalized spacial score (nSPS) is 21.5. The van der Waals surface area contributed by atoms with Crippen LogP contribution < -0.4 is 0 Å². The first-order chi connectivity index (χ1) is 8.84. The van der Waals surface area contributed by atoms with E-state index in [2.05, 4.69) is 5.16 Å². The van der Waals surface area contributed by atoms with Gasteiger partial charge in [-0.15, -0.1) is 0 Å². The summed E-state index contributed by atoms with van der Waals surface area (Å²) in [6.45, 7) is 2.96. The van der Waals surface area contributed by atoms with Crippen LogP contribution in [0, 0.1) is 13.8 Å². The van der Waals surface area contributed by atoms with Crippen molar-refractivity contribution >= 4 is 16.0 Å². The molecule has 9 heteroatoms. The molecule has 0 bridgehead atoms. The van der Waals surface area contributed by atoms with Gasteiger partial charge in [-0.2, -0.15) is 4.31 Å². The molecule has 1 atom stereocenters. The summed E-state index contributed by atoms with van der Waals surface area (Å²) >= 11 is 0. The van der Waals surface area contributed by atoms with E-state index in [1.54, 1.807) is 0 Å². The Labute approximate surface area is 110 Å². The molecule has 1 aliphatic heterocycles. The number of carboxylic acid groups (broad SMARTS) is 1. The lowest BCUT2D eigenvalue weighted by Crippen LogP contribution is -2.48. The minimum atomic E-state index is -3.81. The summed E-state index contributed by atoms with van der Waals surface area (Å²) in [5.74, 6) is -0.991. The highest BCUT2D eigenvalue weighted by atomic mass is 32.2. The predicted molar refractivity (Wildman–Crippen MR) is 62.1 cm³/mol. The first-order valence-electron chi connectivity index (χ1n) is 5.61. The second-order valence-corrected chi connectivity index (χ2v) is 6.09. The van der Waals surface area contributed by atoms with Gasteiger partial charge in [0.15, 0.2) is 11.9 Å². The molecule has 1 unspecified atom stereocenters. The van der Waals surface area contributed by atoms with Crippen molar-refractivity contribution in [2.45, 2.75) is 24.8 Å². The summed E-state index contributed by atoms with van der Waals surface area (Å²) in [6, 6.07) is 0. The summed E-state index contributed by atoms with van der Waals surface area (Å²) < 4.78 is 35.8. The fourth-order valence-electron chi connectivity index (χ4n) is 1.97. The summed E-state index contributed by atoms with van der Waals surface area (Å²) in [7, 11) is -3.81. The van der Waals surface area contributed by atoms with Gasteiger partial charge in [0.1, 0.15) is 10.6 Å². The van der Waals surface area contributed by atoms with E-state index in [0.29, 0.717) is 0 Å². The Morgan fingerprint density at radius 3 is 2.68 bits per heavy atom. The molecule has 0 aliphatic carbocycles. The molecule has 2 rings (SSSR count). The fraction of sp³-hybridized carbons (Fsp3) is 0.600. The van der Waals surface area contributed by atoms with Crippen LogP contribution in [0.3, 0.4) is 0 Å². The van der Waals surface area contributed by atoms with Crippen LogP contribution in [-0.2, 0) is 19.6 Å². The summed E-state index contributed by atoms with van der Waals surface area (Å²) in [5, 5.41) is 12.5. The van der Waals surface area contributed by atoms with Gasteiger partial charge < -0.3 is 14.4 Å². The zero-order valence-electron chi connectivity index (χ0n) is 10.5. The minimum absolute atomic E-state index is 0.00135. The molecule has 1 N–H and O–H groups in total. The van der Waals surface area contributed by atoms with E-state index in [1.807, 2.05) is 0 Å². The first-order valence-corrected chi connectivity index (χ1v) is 7.05. The van der Waals surface area contributed by atoms with Crippen molar-refractivity contribution in [1.82, 2.24) is 9.46 Å². The number of nitrogens with zero attached hydrogens (tertiary/aromatic N) is 2. The Balaban J connectivity index is 2.32. The lowest BCUT2D eigenvalue weighted by molar-refractivity contribution is -0.153. The largest absolute Gasteiger partial charge is 0.479 e. The molecule has 106 valence electrons. The van der Waals surface area contributed by atoms with Gasteiger partial charge in [0, 0.05) is 6.54 Å². The van der Waals surface area contributed by atoms with Gasteiger partial charge in [0.25, 0.3) is 0 Å². The third-order valence-electron chi connectivity index (χ3n) is 2.87. The van der Waals surface area contributed by atoms with Crippen LogP contribution in [0.4, 0.5) is 0 Å². The second-order valence-electron chi connectivity index (χ2n) is 4.21. The van der Waals surface area contributed by atoms with Crippen molar-refractivity contribution in [3.63, 3.8) is 0 Å².